The molecule has 0 saturated carbocycles. The van der Waals surface area contributed by atoms with Gasteiger partial charge in [-0.2, -0.15) is 0 Å². The lowest BCUT2D eigenvalue weighted by Gasteiger charge is -2.26. The molecule has 1 aliphatic heterocycles. The van der Waals surface area contributed by atoms with Crippen molar-refractivity contribution < 1.29 is 4.74 Å². The first kappa shape index (κ1) is 15.1. The van der Waals surface area contributed by atoms with Crippen LogP contribution in [0.3, 0.4) is 0 Å². The first-order chi connectivity index (χ1) is 9.90. The Morgan fingerprint density at radius 2 is 1.50 bits per heavy atom. The fourth-order valence-corrected chi connectivity index (χ4v) is 2.33. The maximum absolute atomic E-state index is 5.32. The van der Waals surface area contributed by atoms with Crippen LogP contribution in [0.25, 0.3) is 0 Å². The topological polar surface area (TPSA) is 48.6 Å². The molecule has 1 aliphatic rings. The van der Waals surface area contributed by atoms with Gasteiger partial charge in [0.05, 0.1) is 7.11 Å². The summed E-state index contributed by atoms with van der Waals surface area (Å²) < 4.78 is 5.32. The molecule has 2 rings (SSSR count). The van der Waals surface area contributed by atoms with E-state index in [2.05, 4.69) is 39.0 Å². The van der Waals surface area contributed by atoms with Gasteiger partial charge in [-0.15, -0.1) is 0 Å². The van der Waals surface area contributed by atoms with Crippen LogP contribution in [0.2, 0.25) is 0 Å². The molecule has 1 fully saturated rings. The Kier molecular flexibility index (Phi) is 6.63. The molecule has 0 aliphatic carbocycles. The third-order valence-corrected chi connectivity index (χ3v) is 3.49. The highest BCUT2D eigenvalue weighted by molar-refractivity contribution is 5.50. The summed E-state index contributed by atoms with van der Waals surface area (Å²) in [7, 11) is 1.71. The van der Waals surface area contributed by atoms with Crippen molar-refractivity contribution in [2.24, 2.45) is 0 Å². The number of hydrogen-bond acceptors (Lipinski definition) is 5. The molecule has 0 spiro atoms. The SMILES string of the molecule is COc1cccc(N2CCNCCNCCNCC2)c1. The summed E-state index contributed by atoms with van der Waals surface area (Å²) in [4.78, 5) is 2.40. The van der Waals surface area contributed by atoms with Gasteiger partial charge in [0.2, 0.25) is 0 Å². The van der Waals surface area contributed by atoms with E-state index in [-0.39, 0.29) is 0 Å². The zero-order chi connectivity index (χ0) is 14.0. The van der Waals surface area contributed by atoms with Gasteiger partial charge >= 0.3 is 0 Å². The van der Waals surface area contributed by atoms with Crippen LogP contribution in [-0.2, 0) is 0 Å². The third kappa shape index (κ3) is 5.00. The number of nitrogens with zero attached hydrogens (tertiary/aromatic N) is 1. The van der Waals surface area contributed by atoms with Crippen molar-refractivity contribution >= 4 is 5.69 Å². The summed E-state index contributed by atoms with van der Waals surface area (Å²) in [5.74, 6) is 0.915. The summed E-state index contributed by atoms with van der Waals surface area (Å²) in [6.07, 6.45) is 0. The van der Waals surface area contributed by atoms with Crippen molar-refractivity contribution in [2.45, 2.75) is 0 Å². The van der Waals surface area contributed by atoms with Gasteiger partial charge in [0, 0.05) is 64.1 Å². The average Bonchev–Trinajstić information content (AvgIpc) is 2.48. The van der Waals surface area contributed by atoms with Crippen molar-refractivity contribution in [3.63, 3.8) is 0 Å². The van der Waals surface area contributed by atoms with Crippen molar-refractivity contribution in [2.75, 3.05) is 64.4 Å². The lowest BCUT2D eigenvalue weighted by Crippen LogP contribution is -2.41. The second kappa shape index (κ2) is 8.79. The van der Waals surface area contributed by atoms with Crippen molar-refractivity contribution in [1.29, 1.82) is 0 Å². The van der Waals surface area contributed by atoms with Crippen molar-refractivity contribution in [3.05, 3.63) is 24.3 Å². The molecule has 1 saturated heterocycles. The van der Waals surface area contributed by atoms with Gasteiger partial charge in [-0.1, -0.05) is 6.07 Å². The molecule has 0 bridgehead atoms. The van der Waals surface area contributed by atoms with Crippen LogP contribution in [-0.4, -0.2) is 59.5 Å². The Bertz CT molecular complexity index is 374. The molecule has 0 aromatic heterocycles. The van der Waals surface area contributed by atoms with E-state index in [0.29, 0.717) is 0 Å². The van der Waals surface area contributed by atoms with Gasteiger partial charge in [-0.3, -0.25) is 0 Å². The van der Waals surface area contributed by atoms with Crippen LogP contribution in [0.4, 0.5) is 5.69 Å². The molecule has 3 N–H and O–H groups in total. The zero-order valence-electron chi connectivity index (χ0n) is 12.3. The van der Waals surface area contributed by atoms with Gasteiger partial charge < -0.3 is 25.6 Å². The largest absolute Gasteiger partial charge is 0.497 e. The molecule has 5 nitrogen and oxygen atoms in total. The quantitative estimate of drug-likeness (QED) is 0.726. The average molecular weight is 278 g/mol. The molecule has 5 heteroatoms. The van der Waals surface area contributed by atoms with E-state index in [9.17, 15) is 0 Å². The molecule has 0 amide bonds. The van der Waals surface area contributed by atoms with E-state index < -0.39 is 0 Å². The number of anilines is 1. The predicted octanol–water partition coefficient (Wildman–Crippen LogP) is 0.284. The minimum absolute atomic E-state index is 0.915. The molecule has 0 atom stereocenters. The number of hydrogen-bond donors (Lipinski definition) is 3. The number of benzene rings is 1. The third-order valence-electron chi connectivity index (χ3n) is 3.49. The Morgan fingerprint density at radius 3 is 2.10 bits per heavy atom. The van der Waals surface area contributed by atoms with Gasteiger partial charge in [0.1, 0.15) is 5.75 Å². The van der Waals surface area contributed by atoms with Crippen LogP contribution in [0.5, 0.6) is 5.75 Å². The van der Waals surface area contributed by atoms with Gasteiger partial charge in [-0.25, -0.2) is 0 Å². The van der Waals surface area contributed by atoms with Crippen LogP contribution in [0.1, 0.15) is 0 Å². The Hall–Kier alpha value is -1.30. The van der Waals surface area contributed by atoms with E-state index in [1.54, 1.807) is 7.11 Å². The second-order valence-corrected chi connectivity index (χ2v) is 4.94. The maximum Gasteiger partial charge on any atom is 0.120 e. The Labute approximate surface area is 121 Å². The van der Waals surface area contributed by atoms with Crippen LogP contribution in [0, 0.1) is 0 Å². The molecule has 1 aromatic carbocycles. The Morgan fingerprint density at radius 1 is 0.900 bits per heavy atom. The molecule has 0 radical (unpaired) electrons. The normalized spacial score (nSPS) is 18.9. The molecule has 0 unspecified atom stereocenters. The smallest absolute Gasteiger partial charge is 0.120 e. The number of nitrogens with one attached hydrogen (secondary N) is 3. The first-order valence-electron chi connectivity index (χ1n) is 7.41. The number of ether oxygens (including phenoxy) is 1. The summed E-state index contributed by atoms with van der Waals surface area (Å²) in [5.41, 5.74) is 1.23. The lowest BCUT2D eigenvalue weighted by atomic mass is 10.2. The monoisotopic (exact) mass is 278 g/mol. The Balaban J connectivity index is 1.97. The fraction of sp³-hybridized carbons (Fsp3) is 0.600. The second-order valence-electron chi connectivity index (χ2n) is 4.94. The minimum atomic E-state index is 0.915. The highest BCUT2D eigenvalue weighted by Gasteiger charge is 2.07. The zero-order valence-corrected chi connectivity index (χ0v) is 12.3. The van der Waals surface area contributed by atoms with E-state index >= 15 is 0 Å². The summed E-state index contributed by atoms with van der Waals surface area (Å²) in [6, 6.07) is 8.29. The van der Waals surface area contributed by atoms with Gasteiger partial charge in [0.15, 0.2) is 0 Å². The van der Waals surface area contributed by atoms with Crippen LogP contribution in [0.15, 0.2) is 24.3 Å². The van der Waals surface area contributed by atoms with Crippen LogP contribution < -0.4 is 25.6 Å². The standard InChI is InChI=1S/C15H26N4O/c1-20-15-4-2-3-14(13-15)19-11-9-17-7-5-16-6-8-18-10-12-19/h2-4,13,16-18H,5-12H2,1H3. The molecule has 1 aromatic rings. The van der Waals surface area contributed by atoms with E-state index in [1.165, 1.54) is 5.69 Å². The molecule has 20 heavy (non-hydrogen) atoms. The fourth-order valence-electron chi connectivity index (χ4n) is 2.33. The highest BCUT2D eigenvalue weighted by atomic mass is 16.5. The first-order valence-corrected chi connectivity index (χ1v) is 7.41. The van der Waals surface area contributed by atoms with Crippen molar-refractivity contribution in [1.82, 2.24) is 16.0 Å². The molecule has 112 valence electrons. The lowest BCUT2D eigenvalue weighted by molar-refractivity contribution is 0.414. The molecular formula is C15H26N4O. The molecule has 1 heterocycles. The van der Waals surface area contributed by atoms with Crippen LogP contribution >= 0.6 is 0 Å². The maximum atomic E-state index is 5.32. The van der Waals surface area contributed by atoms with E-state index in [0.717, 1.165) is 58.1 Å². The predicted molar refractivity (Wildman–Crippen MR) is 83.8 cm³/mol. The van der Waals surface area contributed by atoms with E-state index in [1.807, 2.05) is 6.07 Å². The summed E-state index contributed by atoms with van der Waals surface area (Å²) >= 11 is 0. The van der Waals surface area contributed by atoms with Crippen molar-refractivity contribution in [3.8, 4) is 5.75 Å². The summed E-state index contributed by atoms with van der Waals surface area (Å²) in [5, 5.41) is 10.4. The van der Waals surface area contributed by atoms with Gasteiger partial charge in [0.25, 0.3) is 0 Å². The molecular weight excluding hydrogens is 252 g/mol. The number of rotatable bonds is 2. The summed E-state index contributed by atoms with van der Waals surface area (Å²) in [6.45, 7) is 8.11. The van der Waals surface area contributed by atoms with E-state index in [4.69, 9.17) is 4.74 Å². The minimum Gasteiger partial charge on any atom is -0.497 e. The van der Waals surface area contributed by atoms with Gasteiger partial charge in [-0.05, 0) is 12.1 Å². The number of methoxy groups -OCH3 is 1. The highest BCUT2D eigenvalue weighted by Crippen LogP contribution is 2.20.